The molecule has 3 N–H and O–H groups in total. The number of aliphatic carboxylic acids is 1. The van der Waals surface area contributed by atoms with E-state index in [9.17, 15) is 9.59 Å². The summed E-state index contributed by atoms with van der Waals surface area (Å²) in [5.41, 5.74) is -3.58. The van der Waals surface area contributed by atoms with E-state index < -0.39 is 22.8 Å². The van der Waals surface area contributed by atoms with Gasteiger partial charge >= 0.3 is 11.9 Å². The normalized spacial score (nSPS) is 14.1. The van der Waals surface area contributed by atoms with Gasteiger partial charge in [0.25, 0.3) is 0 Å². The molecule has 0 amide bonds. The average Bonchev–Trinajstić information content (AvgIpc) is 2.13. The molecule has 0 saturated heterocycles. The van der Waals surface area contributed by atoms with Crippen LogP contribution in [0.4, 0.5) is 0 Å². The lowest BCUT2D eigenvalue weighted by atomic mass is 10.6. The Morgan fingerprint density at radius 2 is 2.00 bits per heavy atom. The molecule has 0 rings (SSSR count). The molecular weight excluding hydrogens is 212 g/mol. The Morgan fingerprint density at radius 1 is 1.43 bits per heavy atom. The van der Waals surface area contributed by atoms with Crippen molar-refractivity contribution in [2.75, 3.05) is 6.61 Å². The SMILES string of the molecule is C=CCOC(=O)C(O)SC(O)C(=O)O. The number of carbonyl (C=O) groups excluding carboxylic acids is 1. The highest BCUT2D eigenvalue weighted by molar-refractivity contribution is 8.01. The van der Waals surface area contributed by atoms with Gasteiger partial charge in [-0.1, -0.05) is 24.4 Å². The third kappa shape index (κ3) is 4.85. The van der Waals surface area contributed by atoms with Gasteiger partial charge in [-0.15, -0.1) is 0 Å². The zero-order chi connectivity index (χ0) is 11.1. The number of carboxylic acid groups (broad SMARTS) is 1. The van der Waals surface area contributed by atoms with Crippen LogP contribution in [0.1, 0.15) is 0 Å². The molecule has 0 aliphatic rings. The van der Waals surface area contributed by atoms with Gasteiger partial charge in [0.2, 0.25) is 10.9 Å². The van der Waals surface area contributed by atoms with Crippen molar-refractivity contribution in [3.63, 3.8) is 0 Å². The third-order valence-electron chi connectivity index (χ3n) is 1.01. The van der Waals surface area contributed by atoms with Gasteiger partial charge in [0.1, 0.15) is 6.61 Å². The Morgan fingerprint density at radius 3 is 2.43 bits per heavy atom. The number of hydrogen-bond donors (Lipinski definition) is 3. The minimum atomic E-state index is -1.86. The first-order chi connectivity index (χ1) is 6.49. The summed E-state index contributed by atoms with van der Waals surface area (Å²) in [6.45, 7) is 3.19. The lowest BCUT2D eigenvalue weighted by molar-refractivity contribution is -0.147. The standard InChI is InChI=1S/C7H10O6S/c1-2-3-13-5(10)7(12)14-6(11)4(8)9/h2,6-7,11-12H,1,3H2,(H,8,9). The highest BCUT2D eigenvalue weighted by atomic mass is 32.2. The summed E-state index contributed by atoms with van der Waals surface area (Å²) < 4.78 is 4.40. The molecule has 6 nitrogen and oxygen atoms in total. The van der Waals surface area contributed by atoms with Gasteiger partial charge in [-0.05, 0) is 0 Å². The Bertz CT molecular complexity index is 228. The molecule has 0 aliphatic heterocycles. The average molecular weight is 222 g/mol. The molecule has 0 aromatic carbocycles. The number of hydrogen-bond acceptors (Lipinski definition) is 6. The fourth-order valence-corrected chi connectivity index (χ4v) is 0.988. The first kappa shape index (κ1) is 12.9. The number of carboxylic acids is 1. The number of esters is 1. The lowest BCUT2D eigenvalue weighted by Gasteiger charge is -2.10. The first-order valence-corrected chi connectivity index (χ1v) is 4.45. The van der Waals surface area contributed by atoms with Crippen LogP contribution in [0.3, 0.4) is 0 Å². The quantitative estimate of drug-likeness (QED) is 0.306. The molecule has 0 fully saturated rings. The molecule has 0 heterocycles. The van der Waals surface area contributed by atoms with Gasteiger partial charge in [-0.3, -0.25) is 0 Å². The number of rotatable bonds is 6. The van der Waals surface area contributed by atoms with Crippen molar-refractivity contribution in [3.05, 3.63) is 12.7 Å². The third-order valence-corrected chi connectivity index (χ3v) is 1.92. The molecule has 14 heavy (non-hydrogen) atoms. The molecule has 0 aromatic rings. The zero-order valence-corrected chi connectivity index (χ0v) is 7.94. The van der Waals surface area contributed by atoms with Crippen LogP contribution in [0.5, 0.6) is 0 Å². The van der Waals surface area contributed by atoms with Crippen molar-refractivity contribution in [2.24, 2.45) is 0 Å². The topological polar surface area (TPSA) is 104 Å². The molecule has 2 unspecified atom stereocenters. The zero-order valence-electron chi connectivity index (χ0n) is 7.12. The molecule has 0 aliphatic carbocycles. The van der Waals surface area contributed by atoms with Crippen LogP contribution in [-0.2, 0) is 14.3 Å². The summed E-state index contributed by atoms with van der Waals surface area (Å²) in [4.78, 5) is 20.9. The highest BCUT2D eigenvalue weighted by Crippen LogP contribution is 2.15. The second-order valence-electron chi connectivity index (χ2n) is 2.10. The number of thioether (sulfide) groups is 1. The molecular formula is C7H10O6S. The van der Waals surface area contributed by atoms with E-state index in [1.165, 1.54) is 6.08 Å². The highest BCUT2D eigenvalue weighted by Gasteiger charge is 2.24. The van der Waals surface area contributed by atoms with E-state index in [2.05, 4.69) is 11.3 Å². The smallest absolute Gasteiger partial charge is 0.346 e. The first-order valence-electron chi connectivity index (χ1n) is 3.51. The molecule has 0 radical (unpaired) electrons. The monoisotopic (exact) mass is 222 g/mol. The summed E-state index contributed by atoms with van der Waals surface area (Å²) >= 11 is 0.169. The Kier molecular flexibility index (Phi) is 5.93. The molecule has 7 heteroatoms. The van der Waals surface area contributed by atoms with Crippen LogP contribution in [0.25, 0.3) is 0 Å². The summed E-state index contributed by atoms with van der Waals surface area (Å²) in [6, 6.07) is 0. The minimum absolute atomic E-state index is 0.0837. The van der Waals surface area contributed by atoms with Crippen LogP contribution < -0.4 is 0 Å². The summed E-state index contributed by atoms with van der Waals surface area (Å²) in [5.74, 6) is -2.55. The molecule has 0 bridgehead atoms. The fourth-order valence-electron chi connectivity index (χ4n) is 0.448. The minimum Gasteiger partial charge on any atom is -0.479 e. The summed E-state index contributed by atoms with van der Waals surface area (Å²) in [5, 5.41) is 26.0. The van der Waals surface area contributed by atoms with Crippen molar-refractivity contribution in [2.45, 2.75) is 10.9 Å². The van der Waals surface area contributed by atoms with Gasteiger partial charge in [0, 0.05) is 0 Å². The van der Waals surface area contributed by atoms with E-state index in [1.54, 1.807) is 0 Å². The van der Waals surface area contributed by atoms with E-state index >= 15 is 0 Å². The summed E-state index contributed by atoms with van der Waals surface area (Å²) in [6.07, 6.45) is 1.29. The maximum atomic E-state index is 10.8. The van der Waals surface area contributed by atoms with Crippen LogP contribution >= 0.6 is 11.8 Å². The number of aliphatic hydroxyl groups excluding tert-OH is 2. The largest absolute Gasteiger partial charge is 0.479 e. The predicted molar refractivity (Wildman–Crippen MR) is 48.4 cm³/mol. The van der Waals surface area contributed by atoms with Crippen molar-refractivity contribution in [3.8, 4) is 0 Å². The summed E-state index contributed by atoms with van der Waals surface area (Å²) in [7, 11) is 0. The van der Waals surface area contributed by atoms with E-state index in [-0.39, 0.29) is 18.4 Å². The number of carbonyl (C=O) groups is 2. The lowest BCUT2D eigenvalue weighted by Crippen LogP contribution is -2.26. The second-order valence-corrected chi connectivity index (χ2v) is 3.26. The van der Waals surface area contributed by atoms with Crippen molar-refractivity contribution in [1.29, 1.82) is 0 Å². The maximum absolute atomic E-state index is 10.8. The van der Waals surface area contributed by atoms with Gasteiger partial charge in [-0.25, -0.2) is 9.59 Å². The van der Waals surface area contributed by atoms with Gasteiger partial charge in [0.15, 0.2) is 0 Å². The van der Waals surface area contributed by atoms with Gasteiger partial charge < -0.3 is 20.1 Å². The van der Waals surface area contributed by atoms with Crippen molar-refractivity contribution < 1.29 is 29.6 Å². The molecule has 0 saturated carbocycles. The number of aliphatic hydroxyl groups is 2. The van der Waals surface area contributed by atoms with Crippen LogP contribution in [0.2, 0.25) is 0 Å². The molecule has 0 spiro atoms. The maximum Gasteiger partial charge on any atom is 0.346 e. The van der Waals surface area contributed by atoms with Crippen molar-refractivity contribution in [1.82, 2.24) is 0 Å². The van der Waals surface area contributed by atoms with E-state index in [4.69, 9.17) is 15.3 Å². The van der Waals surface area contributed by atoms with E-state index in [0.29, 0.717) is 0 Å². The Labute approximate surface area is 84.2 Å². The van der Waals surface area contributed by atoms with Crippen molar-refractivity contribution >= 4 is 23.7 Å². The van der Waals surface area contributed by atoms with Gasteiger partial charge in [-0.2, -0.15) is 0 Å². The van der Waals surface area contributed by atoms with E-state index in [0.717, 1.165) is 0 Å². The van der Waals surface area contributed by atoms with Gasteiger partial charge in [0.05, 0.1) is 0 Å². The molecule has 0 aromatic heterocycles. The predicted octanol–water partition coefficient (Wildman–Crippen LogP) is -0.830. The Balaban J connectivity index is 3.94. The van der Waals surface area contributed by atoms with Crippen LogP contribution in [-0.4, -0.2) is 44.7 Å². The number of ether oxygens (including phenoxy) is 1. The van der Waals surface area contributed by atoms with Crippen LogP contribution in [0.15, 0.2) is 12.7 Å². The Hall–Kier alpha value is -1.05. The van der Waals surface area contributed by atoms with E-state index in [1.807, 2.05) is 0 Å². The van der Waals surface area contributed by atoms with Crippen LogP contribution in [0, 0.1) is 0 Å². The second kappa shape index (κ2) is 6.41. The molecule has 2 atom stereocenters. The fraction of sp³-hybridized carbons (Fsp3) is 0.429. The molecule has 80 valence electrons.